The summed E-state index contributed by atoms with van der Waals surface area (Å²) in [7, 11) is 6.62. The largest absolute Gasteiger partial charge is 0.493 e. The number of carbonyl (C=O) groups excluding carboxylic acids is 3. The van der Waals surface area contributed by atoms with Gasteiger partial charge in [0, 0.05) is 27.1 Å². The molecule has 0 saturated heterocycles. The molecule has 0 aliphatic heterocycles. The minimum absolute atomic E-state index is 0.223. The molecule has 0 spiro atoms. The maximum Gasteiger partial charge on any atom is 0.260 e. The zero-order chi connectivity index (χ0) is 40.7. The van der Waals surface area contributed by atoms with Gasteiger partial charge in [-0.05, 0) is 98.2 Å². The molecule has 0 radical (unpaired) electrons. The van der Waals surface area contributed by atoms with Gasteiger partial charge in [0.1, 0.15) is 17.8 Å². The number of ether oxygens (including phenoxy) is 4. The van der Waals surface area contributed by atoms with Crippen LogP contribution in [0.15, 0.2) is 84.9 Å². The minimum atomic E-state index is -0.846. The van der Waals surface area contributed by atoms with Crippen LogP contribution in [-0.4, -0.2) is 93.3 Å². The summed E-state index contributed by atoms with van der Waals surface area (Å²) in [5.74, 6) is 1.09. The summed E-state index contributed by atoms with van der Waals surface area (Å²) in [4.78, 5) is 44.7. The van der Waals surface area contributed by atoms with Crippen LogP contribution in [0.2, 0.25) is 0 Å². The Balaban J connectivity index is 1.41. The van der Waals surface area contributed by atoms with Crippen molar-refractivity contribution in [2.75, 3.05) is 48.1 Å². The fraction of sp³-hybridized carbons (Fsp3) is 0.457. The molecule has 4 rings (SSSR count). The number of carbonyl (C=O) groups is 3. The van der Waals surface area contributed by atoms with Gasteiger partial charge >= 0.3 is 0 Å². The molecule has 1 N–H and O–H groups in total. The summed E-state index contributed by atoms with van der Waals surface area (Å²) >= 11 is 0. The highest BCUT2D eigenvalue weighted by Crippen LogP contribution is 2.28. The zero-order valence-corrected chi connectivity index (χ0v) is 34.6. The Labute approximate surface area is 333 Å². The summed E-state index contributed by atoms with van der Waals surface area (Å²) in [6, 6.07) is 26.2. The van der Waals surface area contributed by atoms with Crippen molar-refractivity contribution in [3.63, 3.8) is 0 Å². The lowest BCUT2D eigenvalue weighted by Gasteiger charge is -2.31. The van der Waals surface area contributed by atoms with Crippen LogP contribution in [0.3, 0.4) is 0 Å². The third-order valence-corrected chi connectivity index (χ3v) is 9.84. The maximum atomic E-state index is 14.1. The lowest BCUT2D eigenvalue weighted by Crippen LogP contribution is -2.55. The Morgan fingerprint density at radius 3 is 2.16 bits per heavy atom. The average molecular weight is 768 g/mol. The van der Waals surface area contributed by atoms with Crippen molar-refractivity contribution >= 4 is 28.5 Å². The van der Waals surface area contributed by atoms with Crippen LogP contribution in [0.4, 0.5) is 0 Å². The number of hydrogen-bond acceptors (Lipinski definition) is 7. The Morgan fingerprint density at radius 1 is 0.768 bits per heavy atom. The molecule has 0 aliphatic rings. The molecule has 1 unspecified atom stereocenters. The predicted octanol–water partition coefficient (Wildman–Crippen LogP) is 7.43. The quantitative estimate of drug-likeness (QED) is 0.0941. The maximum absolute atomic E-state index is 14.1. The Kier molecular flexibility index (Phi) is 16.6. The van der Waals surface area contributed by atoms with E-state index in [1.54, 1.807) is 33.2 Å². The molecule has 0 saturated carbocycles. The van der Waals surface area contributed by atoms with Crippen molar-refractivity contribution in [1.82, 2.24) is 15.1 Å². The van der Waals surface area contributed by atoms with Crippen LogP contribution < -0.4 is 19.5 Å². The molecule has 4 aromatic rings. The summed E-state index contributed by atoms with van der Waals surface area (Å²) in [5.41, 5.74) is 2.84. The van der Waals surface area contributed by atoms with Crippen molar-refractivity contribution in [2.24, 2.45) is 0 Å². The molecule has 2 atom stereocenters. The highest BCUT2D eigenvalue weighted by Gasteiger charge is 2.32. The van der Waals surface area contributed by atoms with Gasteiger partial charge in [-0.2, -0.15) is 0 Å². The molecule has 0 aliphatic carbocycles. The molecule has 302 valence electrons. The average Bonchev–Trinajstić information content (AvgIpc) is 3.18. The Hall–Kier alpha value is -5.09. The van der Waals surface area contributed by atoms with Crippen molar-refractivity contribution in [3.8, 4) is 17.2 Å². The first-order chi connectivity index (χ1) is 26.8. The first-order valence-electron chi connectivity index (χ1n) is 19.7. The van der Waals surface area contributed by atoms with Gasteiger partial charge in [-0.1, -0.05) is 80.4 Å². The monoisotopic (exact) mass is 767 g/mol. The molecule has 0 fully saturated rings. The van der Waals surface area contributed by atoms with E-state index in [0.717, 1.165) is 59.6 Å². The zero-order valence-electron chi connectivity index (χ0n) is 34.6. The number of benzene rings is 4. The number of hydrogen-bond donors (Lipinski definition) is 1. The van der Waals surface area contributed by atoms with Gasteiger partial charge in [-0.25, -0.2) is 0 Å². The summed E-state index contributed by atoms with van der Waals surface area (Å²) in [6.07, 6.45) is 4.94. The van der Waals surface area contributed by atoms with Crippen LogP contribution >= 0.6 is 0 Å². The number of likely N-dealkylation sites (N-methyl/N-ethyl adjacent to an activating group) is 2. The van der Waals surface area contributed by atoms with E-state index < -0.39 is 12.1 Å². The van der Waals surface area contributed by atoms with Gasteiger partial charge in [0.05, 0.1) is 26.4 Å². The number of methoxy groups -OCH3 is 2. The Morgan fingerprint density at radius 2 is 1.46 bits per heavy atom. The molecular formula is C46H61N3O7. The molecule has 56 heavy (non-hydrogen) atoms. The third kappa shape index (κ3) is 13.3. The van der Waals surface area contributed by atoms with Crippen molar-refractivity contribution in [3.05, 3.63) is 102 Å². The van der Waals surface area contributed by atoms with Crippen LogP contribution in [0.25, 0.3) is 10.8 Å². The third-order valence-electron chi connectivity index (χ3n) is 9.84. The fourth-order valence-corrected chi connectivity index (χ4v) is 6.58. The van der Waals surface area contributed by atoms with E-state index in [0.29, 0.717) is 43.2 Å². The molecule has 0 heterocycles. The highest BCUT2D eigenvalue weighted by molar-refractivity contribution is 5.92. The standard InChI is InChI=1S/C46H61N3O7/c1-9-10-21-40(49(6)43(50)32-55-38-20-14-17-33(29-38)15-13-16-34-23-25-41(53-7)42(31-34)54-8)44(51)47-39(45(52)48(5)26-27-56-46(2,3)4)30-35-22-24-36-18-11-12-19-37(36)28-35/h11-12,14,17-20,22-25,28-29,31,39-40H,9-10,13,15-16,21,26-27,30,32H2,1-8H3,(H,47,51)/t39-,40?/m0/s1. The van der Waals surface area contributed by atoms with Crippen LogP contribution in [0.5, 0.6) is 17.2 Å². The molecule has 10 heteroatoms. The smallest absolute Gasteiger partial charge is 0.260 e. The van der Waals surface area contributed by atoms with E-state index >= 15 is 0 Å². The van der Waals surface area contributed by atoms with Crippen molar-refractivity contribution in [1.29, 1.82) is 0 Å². The van der Waals surface area contributed by atoms with Crippen molar-refractivity contribution in [2.45, 2.75) is 90.3 Å². The summed E-state index contributed by atoms with van der Waals surface area (Å²) < 4.78 is 22.7. The molecule has 0 bridgehead atoms. The van der Waals surface area contributed by atoms with E-state index in [-0.39, 0.29) is 29.9 Å². The van der Waals surface area contributed by atoms with E-state index in [1.807, 2.05) is 107 Å². The number of fused-ring (bicyclic) bond motifs is 1. The van der Waals surface area contributed by atoms with Gasteiger partial charge < -0.3 is 34.1 Å². The molecule has 4 aromatic carbocycles. The van der Waals surface area contributed by atoms with Gasteiger partial charge in [-0.15, -0.1) is 0 Å². The summed E-state index contributed by atoms with van der Waals surface area (Å²) in [6.45, 7) is 8.46. The number of unbranched alkanes of at least 4 members (excludes halogenated alkanes) is 1. The van der Waals surface area contributed by atoms with Crippen molar-refractivity contribution < 1.29 is 33.3 Å². The fourth-order valence-electron chi connectivity index (χ4n) is 6.58. The minimum Gasteiger partial charge on any atom is -0.493 e. The van der Waals surface area contributed by atoms with Crippen LogP contribution in [0, 0.1) is 0 Å². The van der Waals surface area contributed by atoms with E-state index in [1.165, 1.54) is 4.90 Å². The second-order valence-corrected chi connectivity index (χ2v) is 15.3. The number of aryl methyl sites for hydroxylation is 2. The van der Waals surface area contributed by atoms with Gasteiger partial charge in [0.15, 0.2) is 18.1 Å². The second kappa shape index (κ2) is 21.3. The van der Waals surface area contributed by atoms with Crippen LogP contribution in [-0.2, 0) is 38.4 Å². The normalized spacial score (nSPS) is 12.4. The Bertz CT molecular complexity index is 1890. The first kappa shape index (κ1) is 43.6. The van der Waals surface area contributed by atoms with E-state index in [2.05, 4.69) is 11.4 Å². The SMILES string of the molecule is CCCCC(C(=O)N[C@@H](Cc1ccc2ccccc2c1)C(=O)N(C)CCOC(C)(C)C)N(C)C(=O)COc1cccc(CCCc2ccc(OC)c(OC)c2)c1. The van der Waals surface area contributed by atoms with Gasteiger partial charge in [0.25, 0.3) is 5.91 Å². The van der Waals surface area contributed by atoms with E-state index in [4.69, 9.17) is 18.9 Å². The number of amides is 3. The number of nitrogens with zero attached hydrogens (tertiary/aromatic N) is 2. The highest BCUT2D eigenvalue weighted by atomic mass is 16.5. The number of rotatable bonds is 21. The molecule has 3 amide bonds. The summed E-state index contributed by atoms with van der Waals surface area (Å²) in [5, 5.41) is 5.20. The lowest BCUT2D eigenvalue weighted by molar-refractivity contribution is -0.142. The number of nitrogens with one attached hydrogen (secondary N) is 1. The molecular weight excluding hydrogens is 707 g/mol. The molecule has 10 nitrogen and oxygen atoms in total. The van der Waals surface area contributed by atoms with E-state index in [9.17, 15) is 14.4 Å². The predicted molar refractivity (Wildman–Crippen MR) is 223 cm³/mol. The van der Waals surface area contributed by atoms with Crippen LogP contribution in [0.1, 0.15) is 70.1 Å². The first-order valence-corrected chi connectivity index (χ1v) is 19.7. The second-order valence-electron chi connectivity index (χ2n) is 15.3. The molecule has 0 aromatic heterocycles. The van der Waals surface area contributed by atoms with Gasteiger partial charge in [-0.3, -0.25) is 14.4 Å². The lowest BCUT2D eigenvalue weighted by atomic mass is 10.00. The topological polar surface area (TPSA) is 107 Å². The van der Waals surface area contributed by atoms with Gasteiger partial charge in [0.2, 0.25) is 11.8 Å².